The Morgan fingerprint density at radius 1 is 1.19 bits per heavy atom. The molecule has 0 radical (unpaired) electrons. The van der Waals surface area contributed by atoms with Gasteiger partial charge in [0.05, 0.1) is 18.2 Å². The summed E-state index contributed by atoms with van der Waals surface area (Å²) in [5.41, 5.74) is 10.6. The highest BCUT2D eigenvalue weighted by Crippen LogP contribution is 2.18. The molecule has 2 N–H and O–H groups in total. The number of nitrogens with zero attached hydrogens (tertiary/aromatic N) is 2. The molecule has 0 aliphatic heterocycles. The summed E-state index contributed by atoms with van der Waals surface area (Å²) in [5.74, 6) is 0. The lowest BCUT2D eigenvalue weighted by atomic mass is 10.1. The van der Waals surface area contributed by atoms with Gasteiger partial charge < -0.3 is 10.3 Å². The summed E-state index contributed by atoms with van der Waals surface area (Å²) < 4.78 is 2.05. The summed E-state index contributed by atoms with van der Waals surface area (Å²) in [6, 6.07) is 6.43. The molecule has 1 unspecified atom stereocenters. The second-order valence-corrected chi connectivity index (χ2v) is 4.32. The van der Waals surface area contributed by atoms with Crippen molar-refractivity contribution in [3.63, 3.8) is 0 Å². The summed E-state index contributed by atoms with van der Waals surface area (Å²) in [6.45, 7) is 6.16. The van der Waals surface area contributed by atoms with E-state index in [1.165, 1.54) is 11.1 Å². The second kappa shape index (κ2) is 4.10. The van der Waals surface area contributed by atoms with Crippen molar-refractivity contribution in [1.29, 1.82) is 0 Å². The van der Waals surface area contributed by atoms with E-state index >= 15 is 0 Å². The summed E-state index contributed by atoms with van der Waals surface area (Å²) in [6.07, 6.45) is 3.63. The van der Waals surface area contributed by atoms with E-state index < -0.39 is 0 Å². The first-order chi connectivity index (χ1) is 7.58. The average molecular weight is 215 g/mol. The first-order valence-corrected chi connectivity index (χ1v) is 5.44. The third-order valence-electron chi connectivity index (χ3n) is 2.62. The number of aryl methyl sites for hydroxylation is 2. The fraction of sp³-hybridized carbons (Fsp3) is 0.308. The van der Waals surface area contributed by atoms with Gasteiger partial charge in [-0.2, -0.15) is 0 Å². The highest BCUT2D eigenvalue weighted by molar-refractivity contribution is 5.40. The molecule has 0 aliphatic carbocycles. The SMILES string of the molecule is Cc1cc(C)cc(-n2cncc2C(C)N)c1. The maximum Gasteiger partial charge on any atom is 0.0994 e. The molecule has 0 saturated carbocycles. The van der Waals surface area contributed by atoms with Crippen molar-refractivity contribution in [2.75, 3.05) is 0 Å². The zero-order valence-corrected chi connectivity index (χ0v) is 9.94. The van der Waals surface area contributed by atoms with E-state index in [0.717, 1.165) is 11.4 Å². The maximum atomic E-state index is 5.91. The van der Waals surface area contributed by atoms with Gasteiger partial charge in [-0.1, -0.05) is 6.07 Å². The Kier molecular flexibility index (Phi) is 2.79. The number of hydrogen-bond acceptors (Lipinski definition) is 2. The van der Waals surface area contributed by atoms with Gasteiger partial charge in [0, 0.05) is 11.7 Å². The van der Waals surface area contributed by atoms with Gasteiger partial charge in [-0.25, -0.2) is 4.98 Å². The quantitative estimate of drug-likeness (QED) is 0.836. The minimum absolute atomic E-state index is 0.0108. The van der Waals surface area contributed by atoms with Gasteiger partial charge in [0.15, 0.2) is 0 Å². The van der Waals surface area contributed by atoms with E-state index in [-0.39, 0.29) is 6.04 Å². The van der Waals surface area contributed by atoms with E-state index in [2.05, 4.69) is 37.0 Å². The van der Waals surface area contributed by atoms with Crippen molar-refractivity contribution >= 4 is 0 Å². The molecule has 1 aromatic heterocycles. The van der Waals surface area contributed by atoms with E-state index in [1.807, 2.05) is 24.0 Å². The molecule has 2 rings (SSSR count). The van der Waals surface area contributed by atoms with Gasteiger partial charge in [-0.15, -0.1) is 0 Å². The van der Waals surface area contributed by atoms with Crippen LogP contribution in [0.5, 0.6) is 0 Å². The molecule has 1 atom stereocenters. The van der Waals surface area contributed by atoms with Crippen LogP contribution in [-0.4, -0.2) is 9.55 Å². The number of rotatable bonds is 2. The monoisotopic (exact) mass is 215 g/mol. The zero-order chi connectivity index (χ0) is 11.7. The van der Waals surface area contributed by atoms with Crippen molar-refractivity contribution in [1.82, 2.24) is 9.55 Å². The van der Waals surface area contributed by atoms with Gasteiger partial charge in [-0.05, 0) is 44.0 Å². The molecule has 16 heavy (non-hydrogen) atoms. The normalized spacial score (nSPS) is 12.8. The Morgan fingerprint density at radius 3 is 2.38 bits per heavy atom. The van der Waals surface area contributed by atoms with Crippen LogP contribution in [0.1, 0.15) is 29.8 Å². The smallest absolute Gasteiger partial charge is 0.0994 e. The van der Waals surface area contributed by atoms with Crippen LogP contribution in [0.25, 0.3) is 5.69 Å². The molecule has 3 nitrogen and oxygen atoms in total. The Balaban J connectivity index is 2.54. The van der Waals surface area contributed by atoms with E-state index in [0.29, 0.717) is 0 Å². The average Bonchev–Trinajstić information content (AvgIpc) is 2.63. The van der Waals surface area contributed by atoms with Crippen LogP contribution < -0.4 is 5.73 Å². The predicted octanol–water partition coefficient (Wildman–Crippen LogP) is 2.51. The molecule has 0 aliphatic rings. The van der Waals surface area contributed by atoms with Crippen LogP contribution in [0.2, 0.25) is 0 Å². The molecule has 1 aromatic carbocycles. The summed E-state index contributed by atoms with van der Waals surface area (Å²) >= 11 is 0. The highest BCUT2D eigenvalue weighted by atomic mass is 15.1. The molecule has 84 valence electrons. The molecular formula is C13H17N3. The molecule has 0 saturated heterocycles. The molecule has 2 aromatic rings. The van der Waals surface area contributed by atoms with Crippen molar-refractivity contribution in [3.05, 3.63) is 47.5 Å². The first kappa shape index (κ1) is 10.9. The largest absolute Gasteiger partial charge is 0.323 e. The number of imidazole rings is 1. The lowest BCUT2D eigenvalue weighted by Gasteiger charge is -2.12. The predicted molar refractivity (Wildman–Crippen MR) is 65.6 cm³/mol. The van der Waals surface area contributed by atoms with E-state index in [1.54, 1.807) is 0 Å². The minimum Gasteiger partial charge on any atom is -0.323 e. The number of benzene rings is 1. The summed E-state index contributed by atoms with van der Waals surface area (Å²) in [5, 5.41) is 0. The molecule has 0 bridgehead atoms. The van der Waals surface area contributed by atoms with Gasteiger partial charge in [0.2, 0.25) is 0 Å². The number of hydrogen-bond donors (Lipinski definition) is 1. The standard InChI is InChI=1S/C13H17N3/c1-9-4-10(2)6-12(5-9)16-8-15-7-13(16)11(3)14/h4-8,11H,14H2,1-3H3. The summed E-state index contributed by atoms with van der Waals surface area (Å²) in [7, 11) is 0. The third kappa shape index (κ3) is 1.99. The first-order valence-electron chi connectivity index (χ1n) is 5.44. The van der Waals surface area contributed by atoms with Crippen LogP contribution >= 0.6 is 0 Å². The van der Waals surface area contributed by atoms with Crippen LogP contribution in [0.4, 0.5) is 0 Å². The molecule has 0 fully saturated rings. The second-order valence-electron chi connectivity index (χ2n) is 4.32. The van der Waals surface area contributed by atoms with Crippen molar-refractivity contribution in [2.24, 2.45) is 5.73 Å². The molecular weight excluding hydrogens is 198 g/mol. The van der Waals surface area contributed by atoms with Crippen LogP contribution in [0.3, 0.4) is 0 Å². The highest BCUT2D eigenvalue weighted by Gasteiger charge is 2.08. The van der Waals surface area contributed by atoms with E-state index in [4.69, 9.17) is 5.73 Å². The van der Waals surface area contributed by atoms with Crippen LogP contribution in [0.15, 0.2) is 30.7 Å². The van der Waals surface area contributed by atoms with Gasteiger partial charge in [0.1, 0.15) is 0 Å². The number of nitrogens with two attached hydrogens (primary N) is 1. The fourth-order valence-corrected chi connectivity index (χ4v) is 1.95. The fourth-order valence-electron chi connectivity index (χ4n) is 1.95. The lowest BCUT2D eigenvalue weighted by Crippen LogP contribution is -2.10. The van der Waals surface area contributed by atoms with Crippen molar-refractivity contribution < 1.29 is 0 Å². The Hall–Kier alpha value is -1.61. The van der Waals surface area contributed by atoms with Gasteiger partial charge in [-0.3, -0.25) is 0 Å². The Bertz CT molecular complexity index is 477. The maximum absolute atomic E-state index is 5.91. The van der Waals surface area contributed by atoms with Gasteiger partial charge in [0.25, 0.3) is 0 Å². The molecule has 3 heteroatoms. The topological polar surface area (TPSA) is 43.8 Å². The third-order valence-corrected chi connectivity index (χ3v) is 2.62. The molecule has 0 amide bonds. The molecule has 1 heterocycles. The Labute approximate surface area is 95.9 Å². The van der Waals surface area contributed by atoms with Gasteiger partial charge >= 0.3 is 0 Å². The van der Waals surface area contributed by atoms with Crippen molar-refractivity contribution in [3.8, 4) is 5.69 Å². The van der Waals surface area contributed by atoms with Crippen LogP contribution in [0, 0.1) is 13.8 Å². The minimum atomic E-state index is -0.0108. The zero-order valence-electron chi connectivity index (χ0n) is 9.94. The molecule has 0 spiro atoms. The summed E-state index contributed by atoms with van der Waals surface area (Å²) in [4.78, 5) is 4.16. The van der Waals surface area contributed by atoms with E-state index in [9.17, 15) is 0 Å². The number of aromatic nitrogens is 2. The van der Waals surface area contributed by atoms with Crippen molar-refractivity contribution in [2.45, 2.75) is 26.8 Å². The van der Waals surface area contributed by atoms with Crippen LogP contribution in [-0.2, 0) is 0 Å². The lowest BCUT2D eigenvalue weighted by molar-refractivity contribution is 0.752. The Morgan fingerprint density at radius 2 is 1.81 bits per heavy atom.